The minimum atomic E-state index is -0.437. The minimum absolute atomic E-state index is 0.0104. The topological polar surface area (TPSA) is 49.7 Å². The third kappa shape index (κ3) is 1.55. The molecule has 2 N–H and O–H groups in total. The number of aliphatic hydroxyl groups is 1. The number of phenols is 1. The Hall–Kier alpha value is -1.22. The lowest BCUT2D eigenvalue weighted by Gasteiger charge is -2.26. The molecule has 3 nitrogen and oxygen atoms in total. The van der Waals surface area contributed by atoms with Crippen molar-refractivity contribution in [2.75, 3.05) is 13.2 Å². The number of aryl methyl sites for hydroxylation is 1. The highest BCUT2D eigenvalue weighted by Crippen LogP contribution is 2.42. The molecule has 0 spiro atoms. The first kappa shape index (κ1) is 11.3. The van der Waals surface area contributed by atoms with Crippen molar-refractivity contribution in [3.8, 4) is 11.5 Å². The second kappa shape index (κ2) is 3.67. The lowest BCUT2D eigenvalue weighted by molar-refractivity contribution is 0.214. The molecule has 0 amide bonds. The van der Waals surface area contributed by atoms with Crippen LogP contribution in [0.25, 0.3) is 0 Å². The van der Waals surface area contributed by atoms with E-state index in [-0.39, 0.29) is 6.61 Å². The van der Waals surface area contributed by atoms with Gasteiger partial charge in [-0.2, -0.15) is 0 Å². The van der Waals surface area contributed by atoms with Crippen molar-refractivity contribution in [2.24, 2.45) is 0 Å². The van der Waals surface area contributed by atoms with Gasteiger partial charge >= 0.3 is 0 Å². The molecule has 1 aliphatic heterocycles. The van der Waals surface area contributed by atoms with Crippen LogP contribution < -0.4 is 4.74 Å². The molecule has 0 fully saturated rings. The van der Waals surface area contributed by atoms with E-state index < -0.39 is 5.41 Å². The molecule has 0 atom stereocenters. The summed E-state index contributed by atoms with van der Waals surface area (Å²) in [4.78, 5) is 0. The fourth-order valence-corrected chi connectivity index (χ4v) is 2.26. The highest BCUT2D eigenvalue weighted by Gasteiger charge is 2.31. The number of benzene rings is 1. The Bertz CT molecular complexity index is 422. The van der Waals surface area contributed by atoms with Crippen LogP contribution >= 0.6 is 0 Å². The van der Waals surface area contributed by atoms with Gasteiger partial charge in [-0.05, 0) is 18.6 Å². The van der Waals surface area contributed by atoms with Crippen LogP contribution in [0.4, 0.5) is 0 Å². The molecule has 16 heavy (non-hydrogen) atoms. The molecule has 0 aliphatic carbocycles. The fraction of sp³-hybridized carbons (Fsp3) is 0.538. The third-order valence-corrected chi connectivity index (χ3v) is 3.24. The van der Waals surface area contributed by atoms with Gasteiger partial charge in [-0.15, -0.1) is 0 Å². The highest BCUT2D eigenvalue weighted by molar-refractivity contribution is 5.57. The molecule has 1 heterocycles. The number of fused-ring (bicyclic) bond motifs is 1. The number of aliphatic hydroxyl groups excluding tert-OH is 1. The second-order valence-electron chi connectivity index (χ2n) is 5.03. The van der Waals surface area contributed by atoms with Crippen molar-refractivity contribution in [3.05, 3.63) is 22.8 Å². The summed E-state index contributed by atoms with van der Waals surface area (Å²) in [6.45, 7) is 6.39. The van der Waals surface area contributed by atoms with Crippen molar-refractivity contribution >= 4 is 0 Å². The summed E-state index contributed by atoms with van der Waals surface area (Å²) in [5, 5.41) is 19.6. The predicted octanol–water partition coefficient (Wildman–Crippen LogP) is 1.91. The lowest BCUT2D eigenvalue weighted by atomic mass is 9.80. The van der Waals surface area contributed by atoms with Gasteiger partial charge in [-0.1, -0.05) is 13.8 Å². The quantitative estimate of drug-likeness (QED) is 0.803. The molecule has 1 aromatic rings. The Morgan fingerprint density at radius 2 is 2.12 bits per heavy atom. The third-order valence-electron chi connectivity index (χ3n) is 3.24. The molecular weight excluding hydrogens is 204 g/mol. The average Bonchev–Trinajstić information content (AvgIpc) is 2.66. The molecule has 0 saturated carbocycles. The van der Waals surface area contributed by atoms with Crippen LogP contribution in [-0.2, 0) is 11.8 Å². The van der Waals surface area contributed by atoms with E-state index in [0.29, 0.717) is 12.4 Å². The van der Waals surface area contributed by atoms with E-state index in [9.17, 15) is 10.2 Å². The fourth-order valence-electron chi connectivity index (χ4n) is 2.26. The van der Waals surface area contributed by atoms with Gasteiger partial charge < -0.3 is 14.9 Å². The van der Waals surface area contributed by atoms with Crippen molar-refractivity contribution in [1.29, 1.82) is 0 Å². The van der Waals surface area contributed by atoms with Gasteiger partial charge in [0.05, 0.1) is 13.2 Å². The zero-order valence-corrected chi connectivity index (χ0v) is 10.0. The number of phenolic OH excluding ortho intramolecular Hbond substituents is 1. The van der Waals surface area contributed by atoms with E-state index in [1.165, 1.54) is 0 Å². The summed E-state index contributed by atoms with van der Waals surface area (Å²) in [6.07, 6.45) is 0.807. The molecular formula is C13H18O3. The van der Waals surface area contributed by atoms with Gasteiger partial charge in [0.15, 0.2) is 0 Å². The normalized spacial score (nSPS) is 14.8. The van der Waals surface area contributed by atoms with Gasteiger partial charge in [0.2, 0.25) is 0 Å². The van der Waals surface area contributed by atoms with E-state index in [1.54, 1.807) is 0 Å². The molecule has 3 heteroatoms. The zero-order valence-electron chi connectivity index (χ0n) is 10.0. The van der Waals surface area contributed by atoms with Gasteiger partial charge in [0.25, 0.3) is 0 Å². The van der Waals surface area contributed by atoms with Gasteiger partial charge in [0.1, 0.15) is 11.5 Å². The van der Waals surface area contributed by atoms with E-state index in [0.717, 1.165) is 28.9 Å². The monoisotopic (exact) mass is 222 g/mol. The largest absolute Gasteiger partial charge is 0.507 e. The first-order valence-electron chi connectivity index (χ1n) is 5.57. The molecule has 1 aliphatic rings. The molecule has 0 unspecified atom stereocenters. The molecule has 1 aromatic carbocycles. The van der Waals surface area contributed by atoms with E-state index in [4.69, 9.17) is 4.74 Å². The number of hydrogen-bond donors (Lipinski definition) is 2. The van der Waals surface area contributed by atoms with Crippen LogP contribution in [0.3, 0.4) is 0 Å². The maximum Gasteiger partial charge on any atom is 0.123 e. The van der Waals surface area contributed by atoms with Crippen LogP contribution in [0.15, 0.2) is 6.07 Å². The number of aromatic hydroxyl groups is 1. The van der Waals surface area contributed by atoms with E-state index in [2.05, 4.69) is 0 Å². The predicted molar refractivity (Wildman–Crippen MR) is 62.2 cm³/mol. The molecule has 0 saturated heterocycles. The average molecular weight is 222 g/mol. The Morgan fingerprint density at radius 3 is 2.75 bits per heavy atom. The number of rotatable bonds is 2. The van der Waals surface area contributed by atoms with Crippen LogP contribution in [0.5, 0.6) is 11.5 Å². The number of hydrogen-bond acceptors (Lipinski definition) is 3. The summed E-state index contributed by atoms with van der Waals surface area (Å²) in [5.41, 5.74) is 2.25. The van der Waals surface area contributed by atoms with Gasteiger partial charge in [-0.25, -0.2) is 0 Å². The Labute approximate surface area is 95.7 Å². The molecule has 88 valence electrons. The van der Waals surface area contributed by atoms with Crippen molar-refractivity contribution in [2.45, 2.75) is 32.6 Å². The highest BCUT2D eigenvalue weighted by atomic mass is 16.5. The molecule has 0 bridgehead atoms. The van der Waals surface area contributed by atoms with Crippen molar-refractivity contribution in [3.63, 3.8) is 0 Å². The standard InChI is InChI=1S/C13H18O3/c1-8-6-10-9(4-5-16-10)11(12(8)15)13(2,3)7-14/h6,14-15H,4-5,7H2,1-3H3. The second-order valence-corrected chi connectivity index (χ2v) is 5.03. The van der Waals surface area contributed by atoms with Crippen LogP contribution in [-0.4, -0.2) is 23.4 Å². The van der Waals surface area contributed by atoms with Gasteiger partial charge in [-0.3, -0.25) is 0 Å². The van der Waals surface area contributed by atoms with E-state index in [1.807, 2.05) is 26.8 Å². The zero-order chi connectivity index (χ0) is 11.9. The number of ether oxygens (including phenoxy) is 1. The summed E-state index contributed by atoms with van der Waals surface area (Å²) >= 11 is 0. The first-order valence-corrected chi connectivity index (χ1v) is 5.57. The molecule has 0 radical (unpaired) electrons. The Balaban J connectivity index is 2.68. The van der Waals surface area contributed by atoms with Crippen LogP contribution in [0, 0.1) is 6.92 Å². The minimum Gasteiger partial charge on any atom is -0.507 e. The van der Waals surface area contributed by atoms with Crippen LogP contribution in [0.2, 0.25) is 0 Å². The summed E-state index contributed by atoms with van der Waals surface area (Å²) in [7, 11) is 0. The van der Waals surface area contributed by atoms with Crippen molar-refractivity contribution < 1.29 is 14.9 Å². The molecule has 2 rings (SSSR count). The SMILES string of the molecule is Cc1cc2c(c(C(C)(C)CO)c1O)CCO2. The summed E-state index contributed by atoms with van der Waals surface area (Å²) in [6, 6.07) is 1.87. The first-order chi connectivity index (χ1) is 7.47. The summed E-state index contributed by atoms with van der Waals surface area (Å²) < 4.78 is 5.52. The lowest BCUT2D eigenvalue weighted by Crippen LogP contribution is -2.24. The smallest absolute Gasteiger partial charge is 0.123 e. The van der Waals surface area contributed by atoms with Crippen molar-refractivity contribution in [1.82, 2.24) is 0 Å². The van der Waals surface area contributed by atoms with Gasteiger partial charge in [0, 0.05) is 23.0 Å². The maximum absolute atomic E-state index is 10.2. The Morgan fingerprint density at radius 1 is 1.44 bits per heavy atom. The maximum atomic E-state index is 10.2. The summed E-state index contributed by atoms with van der Waals surface area (Å²) in [5.74, 6) is 1.15. The Kier molecular flexibility index (Phi) is 2.58. The van der Waals surface area contributed by atoms with Crippen LogP contribution in [0.1, 0.15) is 30.5 Å². The molecule has 0 aromatic heterocycles. The van der Waals surface area contributed by atoms with E-state index >= 15 is 0 Å².